The second-order valence-electron chi connectivity index (χ2n) is 15.5. The lowest BCUT2D eigenvalue weighted by molar-refractivity contribution is -0.279. The van der Waals surface area contributed by atoms with Crippen LogP contribution in [0.1, 0.15) is 113 Å². The number of hydrogen-bond donors (Lipinski definition) is 3. The second-order valence-corrected chi connectivity index (χ2v) is 15.5. The van der Waals surface area contributed by atoms with E-state index in [4.69, 9.17) is 4.74 Å². The first-order chi connectivity index (χ1) is 15.5. The fourth-order valence-electron chi connectivity index (χ4n) is 11.5. The number of ether oxygens (including phenoxy) is 1. The number of aliphatic hydroxyl groups excluding tert-OH is 3. The van der Waals surface area contributed by atoms with Crippen molar-refractivity contribution in [1.29, 1.82) is 0 Å². The molecule has 11 atom stereocenters. The number of hydrogen-bond acceptors (Lipinski definition) is 4. The molecular formula is C30H52O4. The van der Waals surface area contributed by atoms with Crippen molar-refractivity contribution in [2.45, 2.75) is 143 Å². The lowest BCUT2D eigenvalue weighted by atomic mass is 9.34. The molecule has 1 saturated heterocycles. The standard InChI is InChI=1S/C30H52O4/c1-25(2)12-9-13-30(8,34-25)18-10-15-28(6)23(18)19(31)16-21-27(5)14-11-22(33)26(3,4)24(27)20(32)17-29(21,28)7/h18-24,31-33H,9-17H2,1-8H3/t18-,19+,20+,21+,22-,23+,24-,27+,28+,29+,30+/m0/s1. The van der Waals surface area contributed by atoms with Crippen molar-refractivity contribution < 1.29 is 20.1 Å². The summed E-state index contributed by atoms with van der Waals surface area (Å²) in [5.74, 6) is 0.984. The molecule has 1 heterocycles. The van der Waals surface area contributed by atoms with Gasteiger partial charge in [0.05, 0.1) is 29.5 Å². The lowest BCUT2D eigenvalue weighted by Gasteiger charge is -2.71. The summed E-state index contributed by atoms with van der Waals surface area (Å²) in [4.78, 5) is 0. The van der Waals surface area contributed by atoms with E-state index < -0.39 is 6.10 Å². The van der Waals surface area contributed by atoms with Gasteiger partial charge in [-0.05, 0) is 124 Å². The fraction of sp³-hybridized carbons (Fsp3) is 1.00. The van der Waals surface area contributed by atoms with E-state index in [-0.39, 0.29) is 56.9 Å². The summed E-state index contributed by atoms with van der Waals surface area (Å²) in [6.45, 7) is 18.4. The van der Waals surface area contributed by atoms with Crippen LogP contribution in [-0.4, -0.2) is 44.8 Å². The molecule has 5 aliphatic rings. The highest BCUT2D eigenvalue weighted by molar-refractivity contribution is 5.21. The summed E-state index contributed by atoms with van der Waals surface area (Å²) in [6, 6.07) is 0. The Hall–Kier alpha value is -0.160. The summed E-state index contributed by atoms with van der Waals surface area (Å²) in [5, 5.41) is 34.6. The van der Waals surface area contributed by atoms with Gasteiger partial charge in [0, 0.05) is 0 Å². The molecule has 0 aromatic carbocycles. The maximum absolute atomic E-state index is 11.9. The zero-order chi connectivity index (χ0) is 25.1. The van der Waals surface area contributed by atoms with Crippen molar-refractivity contribution in [2.24, 2.45) is 45.3 Å². The molecule has 4 saturated carbocycles. The molecular weight excluding hydrogens is 424 g/mol. The van der Waals surface area contributed by atoms with Gasteiger partial charge in [0.25, 0.3) is 0 Å². The Morgan fingerprint density at radius 2 is 1.41 bits per heavy atom. The second kappa shape index (κ2) is 7.45. The molecule has 4 heteroatoms. The highest BCUT2D eigenvalue weighted by Crippen LogP contribution is 2.76. The highest BCUT2D eigenvalue weighted by Gasteiger charge is 2.73. The minimum atomic E-state index is -0.414. The smallest absolute Gasteiger partial charge is 0.0693 e. The van der Waals surface area contributed by atoms with Crippen LogP contribution in [0.3, 0.4) is 0 Å². The van der Waals surface area contributed by atoms with E-state index in [2.05, 4.69) is 55.4 Å². The Balaban J connectivity index is 1.54. The van der Waals surface area contributed by atoms with Gasteiger partial charge >= 0.3 is 0 Å². The Morgan fingerprint density at radius 1 is 0.735 bits per heavy atom. The predicted octanol–water partition coefficient (Wildman–Crippen LogP) is 5.71. The lowest BCUT2D eigenvalue weighted by Crippen LogP contribution is -2.70. The molecule has 0 spiro atoms. The van der Waals surface area contributed by atoms with Gasteiger partial charge in [0.15, 0.2) is 0 Å². The van der Waals surface area contributed by atoms with Gasteiger partial charge in [-0.15, -0.1) is 0 Å². The van der Waals surface area contributed by atoms with Crippen molar-refractivity contribution in [1.82, 2.24) is 0 Å². The summed E-state index contributed by atoms with van der Waals surface area (Å²) < 4.78 is 6.83. The molecule has 1 aliphatic heterocycles. The summed E-state index contributed by atoms with van der Waals surface area (Å²) in [5.41, 5.74) is -0.739. The molecule has 0 amide bonds. The topological polar surface area (TPSA) is 69.9 Å². The molecule has 5 rings (SSSR count). The van der Waals surface area contributed by atoms with Crippen molar-refractivity contribution in [2.75, 3.05) is 0 Å². The average Bonchev–Trinajstić information content (AvgIpc) is 3.07. The largest absolute Gasteiger partial charge is 0.393 e. The van der Waals surface area contributed by atoms with Crippen LogP contribution in [0.15, 0.2) is 0 Å². The summed E-state index contributed by atoms with van der Waals surface area (Å²) in [7, 11) is 0. The normalized spacial score (nSPS) is 58.5. The first-order valence-electron chi connectivity index (χ1n) is 14.3. The minimum Gasteiger partial charge on any atom is -0.393 e. The van der Waals surface area contributed by atoms with Crippen LogP contribution in [0, 0.1) is 45.3 Å². The van der Waals surface area contributed by atoms with Gasteiger partial charge in [-0.1, -0.05) is 34.6 Å². The van der Waals surface area contributed by atoms with E-state index in [1.807, 2.05) is 0 Å². The zero-order valence-corrected chi connectivity index (χ0v) is 23.2. The van der Waals surface area contributed by atoms with Crippen LogP contribution < -0.4 is 0 Å². The third-order valence-electron chi connectivity index (χ3n) is 13.0. The average molecular weight is 477 g/mol. The highest BCUT2D eigenvalue weighted by atomic mass is 16.5. The van der Waals surface area contributed by atoms with Crippen LogP contribution in [0.2, 0.25) is 0 Å². The quantitative estimate of drug-likeness (QED) is 0.453. The van der Waals surface area contributed by atoms with Gasteiger partial charge in [0.2, 0.25) is 0 Å². The Morgan fingerprint density at radius 3 is 2.06 bits per heavy atom. The first-order valence-corrected chi connectivity index (χ1v) is 14.3. The molecule has 5 fully saturated rings. The molecule has 0 unspecified atom stereocenters. The molecule has 0 aromatic rings. The number of fused-ring (bicyclic) bond motifs is 5. The van der Waals surface area contributed by atoms with Crippen molar-refractivity contribution in [3.05, 3.63) is 0 Å². The maximum atomic E-state index is 11.9. The van der Waals surface area contributed by atoms with Crippen molar-refractivity contribution in [3.8, 4) is 0 Å². The number of aliphatic hydroxyl groups is 3. The Kier molecular flexibility index (Phi) is 5.59. The molecule has 34 heavy (non-hydrogen) atoms. The van der Waals surface area contributed by atoms with Gasteiger partial charge in [-0.3, -0.25) is 0 Å². The molecule has 196 valence electrons. The van der Waals surface area contributed by atoms with E-state index in [0.717, 1.165) is 51.4 Å². The van der Waals surface area contributed by atoms with E-state index in [9.17, 15) is 15.3 Å². The molecule has 0 radical (unpaired) electrons. The Bertz CT molecular complexity index is 823. The molecule has 0 aromatic heterocycles. The number of rotatable bonds is 1. The molecule has 0 bridgehead atoms. The van der Waals surface area contributed by atoms with Crippen LogP contribution in [-0.2, 0) is 4.74 Å². The van der Waals surface area contributed by atoms with Crippen molar-refractivity contribution in [3.63, 3.8) is 0 Å². The van der Waals surface area contributed by atoms with Crippen LogP contribution in [0.4, 0.5) is 0 Å². The van der Waals surface area contributed by atoms with Gasteiger partial charge in [0.1, 0.15) is 0 Å². The fourth-order valence-corrected chi connectivity index (χ4v) is 11.5. The summed E-state index contributed by atoms with van der Waals surface area (Å²) >= 11 is 0. The zero-order valence-electron chi connectivity index (χ0n) is 23.2. The van der Waals surface area contributed by atoms with E-state index >= 15 is 0 Å². The monoisotopic (exact) mass is 476 g/mol. The van der Waals surface area contributed by atoms with Crippen LogP contribution in [0.5, 0.6) is 0 Å². The van der Waals surface area contributed by atoms with Crippen LogP contribution >= 0.6 is 0 Å². The van der Waals surface area contributed by atoms with Crippen LogP contribution in [0.25, 0.3) is 0 Å². The maximum Gasteiger partial charge on any atom is 0.0693 e. The predicted molar refractivity (Wildman–Crippen MR) is 135 cm³/mol. The van der Waals surface area contributed by atoms with E-state index in [1.54, 1.807) is 0 Å². The van der Waals surface area contributed by atoms with E-state index in [0.29, 0.717) is 11.8 Å². The first kappa shape index (κ1) is 25.5. The Labute approximate surface area is 208 Å². The van der Waals surface area contributed by atoms with E-state index in [1.165, 1.54) is 6.42 Å². The van der Waals surface area contributed by atoms with Gasteiger partial charge in [-0.25, -0.2) is 0 Å². The molecule has 4 aliphatic carbocycles. The van der Waals surface area contributed by atoms with Gasteiger partial charge < -0.3 is 20.1 Å². The van der Waals surface area contributed by atoms with Crippen molar-refractivity contribution >= 4 is 0 Å². The third-order valence-corrected chi connectivity index (χ3v) is 13.0. The SMILES string of the molecule is CC1(C)CCC[C@](C)([C@H]2CC[C@]3(C)[C@H]2[C@H](O)C[C@@H]2[C@@]4(C)CC[C@H](O)C(C)(C)[C@@H]4[C@H](O)C[C@]23C)O1. The third kappa shape index (κ3) is 3.16. The van der Waals surface area contributed by atoms with Gasteiger partial charge in [-0.2, -0.15) is 0 Å². The minimum absolute atomic E-state index is 0.0247. The summed E-state index contributed by atoms with van der Waals surface area (Å²) in [6.07, 6.45) is 7.79. The molecule has 3 N–H and O–H groups in total. The molecule has 4 nitrogen and oxygen atoms in total.